The molecule has 0 radical (unpaired) electrons. The standard InChI is InChI=1S/C21H31N3O3.ClH/c22-14-16-6-4-10-19(16)23-21(26)17-7-5-12-24(15-17)20(25)11-13-27-18-8-2-1-3-9-18;/h1-3,8-9,16-17,19H,4-7,10-15,22H2,(H,23,26);1H. The van der Waals surface area contributed by atoms with Gasteiger partial charge in [-0.2, -0.15) is 0 Å². The molecule has 0 aromatic heterocycles. The molecule has 156 valence electrons. The summed E-state index contributed by atoms with van der Waals surface area (Å²) in [5.74, 6) is 1.19. The molecule has 0 spiro atoms. The maximum absolute atomic E-state index is 12.7. The minimum absolute atomic E-state index is 0. The Hall–Kier alpha value is -1.79. The fraction of sp³-hybridized carbons (Fsp3) is 0.619. The molecule has 1 aromatic rings. The molecule has 7 heteroatoms. The largest absolute Gasteiger partial charge is 0.493 e. The summed E-state index contributed by atoms with van der Waals surface area (Å²) in [5.41, 5.74) is 5.81. The van der Waals surface area contributed by atoms with Crippen molar-refractivity contribution in [3.63, 3.8) is 0 Å². The molecule has 3 unspecified atom stereocenters. The first-order valence-electron chi connectivity index (χ1n) is 10.1. The number of hydrogen-bond donors (Lipinski definition) is 2. The van der Waals surface area contributed by atoms with Gasteiger partial charge in [-0.3, -0.25) is 9.59 Å². The number of rotatable bonds is 7. The summed E-state index contributed by atoms with van der Waals surface area (Å²) >= 11 is 0. The molecular formula is C21H32ClN3O3. The van der Waals surface area contributed by atoms with E-state index in [-0.39, 0.29) is 36.2 Å². The number of ether oxygens (including phenoxy) is 1. The summed E-state index contributed by atoms with van der Waals surface area (Å²) in [7, 11) is 0. The molecule has 1 aliphatic heterocycles. The van der Waals surface area contributed by atoms with Gasteiger partial charge in [0.1, 0.15) is 5.75 Å². The van der Waals surface area contributed by atoms with Gasteiger partial charge >= 0.3 is 0 Å². The normalized spacial score (nSPS) is 24.3. The topological polar surface area (TPSA) is 84.7 Å². The number of nitrogens with one attached hydrogen (secondary N) is 1. The molecule has 6 nitrogen and oxygen atoms in total. The van der Waals surface area contributed by atoms with E-state index in [9.17, 15) is 9.59 Å². The van der Waals surface area contributed by atoms with Gasteiger partial charge in [-0.05, 0) is 50.3 Å². The van der Waals surface area contributed by atoms with Gasteiger partial charge in [0.25, 0.3) is 0 Å². The van der Waals surface area contributed by atoms with Gasteiger partial charge in [-0.1, -0.05) is 24.6 Å². The Bertz CT molecular complexity index is 629. The van der Waals surface area contributed by atoms with E-state index in [4.69, 9.17) is 10.5 Å². The molecule has 3 N–H and O–H groups in total. The van der Waals surface area contributed by atoms with Crippen LogP contribution in [0, 0.1) is 11.8 Å². The molecule has 1 aliphatic carbocycles. The molecule has 3 atom stereocenters. The van der Waals surface area contributed by atoms with Crippen molar-refractivity contribution in [2.75, 3.05) is 26.2 Å². The summed E-state index contributed by atoms with van der Waals surface area (Å²) in [6, 6.07) is 9.70. The fourth-order valence-electron chi connectivity index (χ4n) is 4.16. The second-order valence-electron chi connectivity index (χ2n) is 7.63. The highest BCUT2D eigenvalue weighted by molar-refractivity contribution is 5.85. The molecule has 2 aliphatic rings. The molecule has 3 rings (SSSR count). The van der Waals surface area contributed by atoms with Crippen LogP contribution in [0.2, 0.25) is 0 Å². The Morgan fingerprint density at radius 1 is 1.14 bits per heavy atom. The number of benzene rings is 1. The van der Waals surface area contributed by atoms with Crippen molar-refractivity contribution in [1.29, 1.82) is 0 Å². The highest BCUT2D eigenvalue weighted by Crippen LogP contribution is 2.26. The number of nitrogens with zero attached hydrogens (tertiary/aromatic N) is 1. The van der Waals surface area contributed by atoms with Crippen LogP contribution in [0.15, 0.2) is 30.3 Å². The van der Waals surface area contributed by atoms with Crippen molar-refractivity contribution < 1.29 is 14.3 Å². The lowest BCUT2D eigenvalue weighted by atomic mass is 9.95. The number of piperidine rings is 1. The average Bonchev–Trinajstić information content (AvgIpc) is 3.16. The van der Waals surface area contributed by atoms with E-state index in [1.54, 1.807) is 0 Å². The molecule has 1 aromatic carbocycles. The zero-order chi connectivity index (χ0) is 19.1. The second kappa shape index (κ2) is 11.3. The quantitative estimate of drug-likeness (QED) is 0.724. The average molecular weight is 410 g/mol. The van der Waals surface area contributed by atoms with E-state index in [1.165, 1.54) is 0 Å². The molecular weight excluding hydrogens is 378 g/mol. The van der Waals surface area contributed by atoms with Gasteiger partial charge in [-0.15, -0.1) is 12.4 Å². The smallest absolute Gasteiger partial charge is 0.226 e. The van der Waals surface area contributed by atoms with Crippen LogP contribution in [0.4, 0.5) is 0 Å². The maximum Gasteiger partial charge on any atom is 0.226 e. The highest BCUT2D eigenvalue weighted by Gasteiger charge is 2.32. The van der Waals surface area contributed by atoms with Gasteiger partial charge in [0, 0.05) is 19.1 Å². The minimum atomic E-state index is -0.114. The van der Waals surface area contributed by atoms with Crippen LogP contribution in [0.1, 0.15) is 38.5 Å². The lowest BCUT2D eigenvalue weighted by molar-refractivity contribution is -0.136. The third kappa shape index (κ3) is 6.11. The fourth-order valence-corrected chi connectivity index (χ4v) is 4.16. The van der Waals surface area contributed by atoms with Gasteiger partial charge < -0.3 is 20.7 Å². The van der Waals surface area contributed by atoms with E-state index >= 15 is 0 Å². The van der Waals surface area contributed by atoms with Crippen LogP contribution < -0.4 is 15.8 Å². The van der Waals surface area contributed by atoms with E-state index < -0.39 is 0 Å². The van der Waals surface area contributed by atoms with E-state index in [1.807, 2.05) is 35.2 Å². The number of nitrogens with two attached hydrogens (primary N) is 1. The summed E-state index contributed by atoms with van der Waals surface area (Å²) < 4.78 is 5.62. The number of amides is 2. The third-order valence-corrected chi connectivity index (χ3v) is 5.76. The van der Waals surface area contributed by atoms with Gasteiger partial charge in [0.2, 0.25) is 11.8 Å². The van der Waals surface area contributed by atoms with Crippen molar-refractivity contribution in [3.8, 4) is 5.75 Å². The van der Waals surface area contributed by atoms with Crippen molar-refractivity contribution in [1.82, 2.24) is 10.2 Å². The Balaban J connectivity index is 0.00000280. The highest BCUT2D eigenvalue weighted by atomic mass is 35.5. The number of carbonyl (C=O) groups excluding carboxylic acids is 2. The molecule has 28 heavy (non-hydrogen) atoms. The van der Waals surface area contributed by atoms with Crippen LogP contribution in [-0.2, 0) is 9.59 Å². The first kappa shape index (κ1) is 22.5. The third-order valence-electron chi connectivity index (χ3n) is 5.76. The Morgan fingerprint density at radius 3 is 2.68 bits per heavy atom. The summed E-state index contributed by atoms with van der Waals surface area (Å²) in [4.78, 5) is 27.0. The van der Waals surface area contributed by atoms with Crippen LogP contribution in [0.25, 0.3) is 0 Å². The zero-order valence-electron chi connectivity index (χ0n) is 16.3. The molecule has 1 heterocycles. The predicted octanol–water partition coefficient (Wildman–Crippen LogP) is 2.36. The number of carbonyl (C=O) groups is 2. The van der Waals surface area contributed by atoms with E-state index in [2.05, 4.69) is 5.32 Å². The summed E-state index contributed by atoms with van der Waals surface area (Å²) in [6.45, 7) is 2.22. The van der Waals surface area contributed by atoms with Crippen molar-refractivity contribution in [3.05, 3.63) is 30.3 Å². The Labute approximate surface area is 173 Å². The number of para-hydroxylation sites is 1. The number of halogens is 1. The SMILES string of the molecule is Cl.NCC1CCCC1NC(=O)C1CCCN(C(=O)CCOc2ccccc2)C1. The molecule has 2 amide bonds. The summed E-state index contributed by atoms with van der Waals surface area (Å²) in [6.07, 6.45) is 5.28. The van der Waals surface area contributed by atoms with Crippen molar-refractivity contribution in [2.45, 2.75) is 44.6 Å². The monoisotopic (exact) mass is 409 g/mol. The molecule has 2 fully saturated rings. The van der Waals surface area contributed by atoms with Gasteiger partial charge in [0.15, 0.2) is 0 Å². The lowest BCUT2D eigenvalue weighted by Crippen LogP contribution is -2.49. The molecule has 0 bridgehead atoms. The first-order valence-corrected chi connectivity index (χ1v) is 10.1. The summed E-state index contributed by atoms with van der Waals surface area (Å²) in [5, 5.41) is 3.19. The van der Waals surface area contributed by atoms with Crippen LogP contribution >= 0.6 is 12.4 Å². The Kier molecular flexibility index (Phi) is 9.06. The van der Waals surface area contributed by atoms with Gasteiger partial charge in [-0.25, -0.2) is 0 Å². The second-order valence-corrected chi connectivity index (χ2v) is 7.63. The minimum Gasteiger partial charge on any atom is -0.493 e. The van der Waals surface area contributed by atoms with Crippen molar-refractivity contribution >= 4 is 24.2 Å². The molecule has 1 saturated heterocycles. The Morgan fingerprint density at radius 2 is 1.93 bits per heavy atom. The van der Waals surface area contributed by atoms with E-state index in [0.29, 0.717) is 32.0 Å². The first-order chi connectivity index (χ1) is 13.2. The maximum atomic E-state index is 12.7. The molecule has 1 saturated carbocycles. The number of hydrogen-bond acceptors (Lipinski definition) is 4. The number of likely N-dealkylation sites (tertiary alicyclic amines) is 1. The van der Waals surface area contributed by atoms with Crippen LogP contribution in [-0.4, -0.2) is 49.0 Å². The lowest BCUT2D eigenvalue weighted by Gasteiger charge is -2.33. The van der Waals surface area contributed by atoms with Crippen LogP contribution in [0.5, 0.6) is 5.75 Å². The van der Waals surface area contributed by atoms with E-state index in [0.717, 1.165) is 44.4 Å². The van der Waals surface area contributed by atoms with Gasteiger partial charge in [0.05, 0.1) is 18.9 Å². The predicted molar refractivity (Wildman–Crippen MR) is 111 cm³/mol. The zero-order valence-corrected chi connectivity index (χ0v) is 17.2. The van der Waals surface area contributed by atoms with Crippen LogP contribution in [0.3, 0.4) is 0 Å². The van der Waals surface area contributed by atoms with Crippen molar-refractivity contribution in [2.24, 2.45) is 17.6 Å².